The van der Waals surface area contributed by atoms with E-state index >= 15 is 0 Å². The molecule has 0 saturated carbocycles. The van der Waals surface area contributed by atoms with Crippen molar-refractivity contribution < 1.29 is 4.79 Å². The summed E-state index contributed by atoms with van der Waals surface area (Å²) in [6, 6.07) is 0. The normalized spacial score (nSPS) is 10.8. The second-order valence-electron chi connectivity index (χ2n) is 3.57. The van der Waals surface area contributed by atoms with Crippen LogP contribution in [0.4, 0.5) is 0 Å². The molecule has 2 aromatic heterocycles. The van der Waals surface area contributed by atoms with Crippen molar-refractivity contribution in [2.75, 3.05) is 0 Å². The largest absolute Gasteiger partial charge is 0.292 e. The maximum atomic E-state index is 11.9. The summed E-state index contributed by atoms with van der Waals surface area (Å²) >= 11 is 4.67. The number of hydrogen-bond donors (Lipinski definition) is 0. The van der Waals surface area contributed by atoms with Gasteiger partial charge in [-0.2, -0.15) is 5.10 Å². The highest BCUT2D eigenvalue weighted by atomic mass is 79.9. The maximum Gasteiger partial charge on any atom is 0.189 e. The summed E-state index contributed by atoms with van der Waals surface area (Å²) in [7, 11) is 1.84. The average Bonchev–Trinajstić information content (AvgIpc) is 2.92. The summed E-state index contributed by atoms with van der Waals surface area (Å²) in [4.78, 5) is 11.9. The summed E-state index contributed by atoms with van der Waals surface area (Å²) in [6.07, 6.45) is 1.12. The molecule has 2 aromatic rings. The Morgan fingerprint density at radius 1 is 1.59 bits per heavy atom. The Morgan fingerprint density at radius 3 is 2.88 bits per heavy atom. The number of aryl methyl sites for hydroxylation is 2. The number of ketones is 1. The molecule has 90 valence electrons. The van der Waals surface area contributed by atoms with E-state index in [0.717, 1.165) is 22.3 Å². The minimum absolute atomic E-state index is 0.0369. The van der Waals surface area contributed by atoms with E-state index in [1.807, 2.05) is 14.0 Å². The summed E-state index contributed by atoms with van der Waals surface area (Å²) in [6.45, 7) is 2.03. The van der Waals surface area contributed by atoms with Crippen LogP contribution in [-0.2, 0) is 19.9 Å². The van der Waals surface area contributed by atoms with E-state index < -0.39 is 0 Å². The first kappa shape index (κ1) is 12.4. The van der Waals surface area contributed by atoms with Gasteiger partial charge < -0.3 is 0 Å². The minimum atomic E-state index is -0.0369. The molecule has 0 aliphatic carbocycles. The number of carbonyl (C=O) groups is 1. The van der Waals surface area contributed by atoms with E-state index in [0.29, 0.717) is 5.69 Å². The standard InChI is InChI=1S/C10H11BrN4OS/c1-3-6-10(11)8(15(2)13-6)4-9(16)7-5-17-14-12-7/h5H,3-4H2,1-2H3. The number of hydrogen-bond acceptors (Lipinski definition) is 5. The predicted octanol–water partition coefficient (Wildman–Crippen LogP) is 2.02. The molecule has 0 bridgehead atoms. The SMILES string of the molecule is CCc1nn(C)c(CC(=O)c2csnn2)c1Br. The van der Waals surface area contributed by atoms with Crippen molar-refractivity contribution in [1.29, 1.82) is 0 Å². The van der Waals surface area contributed by atoms with Crippen molar-refractivity contribution in [2.45, 2.75) is 19.8 Å². The Bertz CT molecular complexity index is 535. The second-order valence-corrected chi connectivity index (χ2v) is 4.98. The van der Waals surface area contributed by atoms with Crippen molar-refractivity contribution >= 4 is 33.2 Å². The van der Waals surface area contributed by atoms with Crippen LogP contribution >= 0.6 is 27.5 Å². The number of carbonyl (C=O) groups excluding carboxylic acids is 1. The molecule has 2 rings (SSSR count). The molecule has 0 amide bonds. The monoisotopic (exact) mass is 314 g/mol. The molecule has 7 heteroatoms. The van der Waals surface area contributed by atoms with Crippen LogP contribution in [0, 0.1) is 0 Å². The van der Waals surface area contributed by atoms with Gasteiger partial charge in [0.15, 0.2) is 5.78 Å². The molecule has 0 radical (unpaired) electrons. The Hall–Kier alpha value is -1.08. The van der Waals surface area contributed by atoms with Crippen LogP contribution in [0.2, 0.25) is 0 Å². The third-order valence-corrected chi connectivity index (χ3v) is 3.90. The lowest BCUT2D eigenvalue weighted by atomic mass is 10.1. The predicted molar refractivity (Wildman–Crippen MR) is 68.2 cm³/mol. The van der Waals surface area contributed by atoms with E-state index in [9.17, 15) is 4.79 Å². The van der Waals surface area contributed by atoms with Gasteiger partial charge in [-0.3, -0.25) is 9.48 Å². The molecule has 0 aliphatic rings. The Morgan fingerprint density at radius 2 is 2.35 bits per heavy atom. The van der Waals surface area contributed by atoms with E-state index in [2.05, 4.69) is 30.6 Å². The Labute approximate surface area is 111 Å². The molecule has 0 unspecified atom stereocenters. The quantitative estimate of drug-likeness (QED) is 0.810. The number of nitrogens with zero attached hydrogens (tertiary/aromatic N) is 4. The van der Waals surface area contributed by atoms with Crippen LogP contribution in [0.5, 0.6) is 0 Å². The molecular weight excluding hydrogens is 304 g/mol. The summed E-state index contributed by atoms with van der Waals surface area (Å²) in [5.41, 5.74) is 2.26. The lowest BCUT2D eigenvalue weighted by Crippen LogP contribution is -2.08. The molecule has 2 heterocycles. The van der Waals surface area contributed by atoms with Crippen molar-refractivity contribution in [3.8, 4) is 0 Å². The number of aromatic nitrogens is 4. The van der Waals surface area contributed by atoms with E-state index in [-0.39, 0.29) is 12.2 Å². The topological polar surface area (TPSA) is 60.7 Å². The zero-order valence-electron chi connectivity index (χ0n) is 9.47. The zero-order valence-corrected chi connectivity index (χ0v) is 11.9. The summed E-state index contributed by atoms with van der Waals surface area (Å²) in [5, 5.41) is 9.78. The van der Waals surface area contributed by atoms with Gasteiger partial charge in [-0.15, -0.1) is 5.10 Å². The van der Waals surface area contributed by atoms with Gasteiger partial charge in [0.05, 0.1) is 22.3 Å². The smallest absolute Gasteiger partial charge is 0.189 e. The highest BCUT2D eigenvalue weighted by molar-refractivity contribution is 9.10. The lowest BCUT2D eigenvalue weighted by molar-refractivity contribution is 0.0986. The van der Waals surface area contributed by atoms with Crippen LogP contribution in [-0.4, -0.2) is 25.2 Å². The Balaban J connectivity index is 2.25. The average molecular weight is 315 g/mol. The van der Waals surface area contributed by atoms with E-state index in [4.69, 9.17) is 0 Å². The first-order valence-electron chi connectivity index (χ1n) is 5.14. The van der Waals surface area contributed by atoms with Crippen molar-refractivity contribution in [3.05, 3.63) is 26.9 Å². The molecule has 0 fully saturated rings. The minimum Gasteiger partial charge on any atom is -0.292 e. The van der Waals surface area contributed by atoms with Gasteiger partial charge in [0.25, 0.3) is 0 Å². The van der Waals surface area contributed by atoms with Crippen LogP contribution < -0.4 is 0 Å². The molecule has 0 aliphatic heterocycles. The van der Waals surface area contributed by atoms with Gasteiger partial charge in [-0.1, -0.05) is 11.4 Å². The van der Waals surface area contributed by atoms with Gasteiger partial charge in [-0.25, -0.2) is 0 Å². The van der Waals surface area contributed by atoms with Crippen LogP contribution in [0.15, 0.2) is 9.85 Å². The summed E-state index contributed by atoms with van der Waals surface area (Å²) < 4.78 is 6.34. The number of Topliss-reactive ketones (excluding diaryl/α,β-unsaturated/α-hetero) is 1. The van der Waals surface area contributed by atoms with E-state index in [1.165, 1.54) is 11.5 Å². The van der Waals surface area contributed by atoms with Gasteiger partial charge >= 0.3 is 0 Å². The molecule has 0 saturated heterocycles. The fourth-order valence-corrected chi connectivity index (χ4v) is 2.76. The highest BCUT2D eigenvalue weighted by Gasteiger charge is 2.17. The first-order valence-corrected chi connectivity index (χ1v) is 6.77. The molecule has 0 spiro atoms. The van der Waals surface area contributed by atoms with Crippen LogP contribution in [0.25, 0.3) is 0 Å². The first-order chi connectivity index (χ1) is 8.13. The fraction of sp³-hybridized carbons (Fsp3) is 0.400. The van der Waals surface area contributed by atoms with Crippen LogP contribution in [0.3, 0.4) is 0 Å². The molecule has 17 heavy (non-hydrogen) atoms. The van der Waals surface area contributed by atoms with Gasteiger partial charge in [-0.05, 0) is 33.9 Å². The number of rotatable bonds is 4. The zero-order chi connectivity index (χ0) is 12.4. The van der Waals surface area contributed by atoms with Gasteiger partial charge in [0.2, 0.25) is 0 Å². The highest BCUT2D eigenvalue weighted by Crippen LogP contribution is 2.22. The lowest BCUT2D eigenvalue weighted by Gasteiger charge is -2.00. The summed E-state index contributed by atoms with van der Waals surface area (Å²) in [5.74, 6) is -0.0369. The third kappa shape index (κ3) is 2.44. The Kier molecular flexibility index (Phi) is 3.68. The van der Waals surface area contributed by atoms with E-state index in [1.54, 1.807) is 10.1 Å². The van der Waals surface area contributed by atoms with Crippen molar-refractivity contribution in [2.24, 2.45) is 7.05 Å². The second kappa shape index (κ2) is 5.05. The van der Waals surface area contributed by atoms with Crippen LogP contribution in [0.1, 0.15) is 28.8 Å². The van der Waals surface area contributed by atoms with Crippen molar-refractivity contribution in [3.63, 3.8) is 0 Å². The molecule has 0 atom stereocenters. The molecule has 0 aromatic carbocycles. The molecule has 0 N–H and O–H groups in total. The van der Waals surface area contributed by atoms with Gasteiger partial charge in [0.1, 0.15) is 5.69 Å². The molecular formula is C10H11BrN4OS. The molecule has 5 nitrogen and oxygen atoms in total. The van der Waals surface area contributed by atoms with Crippen molar-refractivity contribution in [1.82, 2.24) is 19.4 Å². The fourth-order valence-electron chi connectivity index (χ4n) is 1.54. The number of halogens is 1. The third-order valence-electron chi connectivity index (χ3n) is 2.48. The van der Waals surface area contributed by atoms with Gasteiger partial charge in [0, 0.05) is 12.4 Å². The maximum absolute atomic E-state index is 11.9.